The second-order valence-electron chi connectivity index (χ2n) is 10.1. The average Bonchev–Trinajstić information content (AvgIpc) is 2.96. The highest BCUT2D eigenvalue weighted by Crippen LogP contribution is 2.37. The fourth-order valence-electron chi connectivity index (χ4n) is 5.49. The fraction of sp³-hybridized carbons (Fsp3) is 0.433. The van der Waals surface area contributed by atoms with Crippen LogP contribution in [0.1, 0.15) is 55.2 Å². The molecule has 0 unspecified atom stereocenters. The number of nitrogens with one attached hydrogen (secondary N) is 1. The maximum absolute atomic E-state index is 13.1. The van der Waals surface area contributed by atoms with E-state index in [1.807, 2.05) is 30.3 Å². The first-order chi connectivity index (χ1) is 18.5. The Bertz CT molecular complexity index is 1360. The molecule has 0 bridgehead atoms. The molecule has 0 saturated heterocycles. The Hall–Kier alpha value is -3.81. The third kappa shape index (κ3) is 5.85. The summed E-state index contributed by atoms with van der Waals surface area (Å²) in [6, 6.07) is 13.0. The standard InChI is InChI=1S/C30H33NO7/c1-35-26-16-25-24(22-9-5-6-10-23(22)29(33)37-25)15-27(26)38-28(32)21-13-11-19(12-14-21)17-31-30(34)36-18-20-7-3-2-4-8-20/h2-4,7-8,15-16,19,21H,5-6,9-14,17-18H2,1H3,(H,31,34). The van der Waals surface area contributed by atoms with Crippen molar-refractivity contribution < 1.29 is 28.2 Å². The van der Waals surface area contributed by atoms with Crippen LogP contribution in [-0.2, 0) is 29.0 Å². The Morgan fingerprint density at radius 3 is 2.45 bits per heavy atom. The second kappa shape index (κ2) is 11.7. The van der Waals surface area contributed by atoms with E-state index in [1.54, 1.807) is 12.1 Å². The smallest absolute Gasteiger partial charge is 0.407 e. The van der Waals surface area contributed by atoms with Crippen molar-refractivity contribution >= 4 is 23.0 Å². The van der Waals surface area contributed by atoms with E-state index in [2.05, 4.69) is 5.32 Å². The van der Waals surface area contributed by atoms with Gasteiger partial charge in [-0.2, -0.15) is 0 Å². The lowest BCUT2D eigenvalue weighted by Gasteiger charge is -2.27. The number of rotatable bonds is 7. The van der Waals surface area contributed by atoms with Crippen molar-refractivity contribution in [3.8, 4) is 11.5 Å². The third-order valence-corrected chi connectivity index (χ3v) is 7.65. The summed E-state index contributed by atoms with van der Waals surface area (Å²) >= 11 is 0. The zero-order chi connectivity index (χ0) is 26.5. The average molecular weight is 520 g/mol. The van der Waals surface area contributed by atoms with Crippen molar-refractivity contribution in [2.75, 3.05) is 13.7 Å². The minimum Gasteiger partial charge on any atom is -0.493 e. The number of fused-ring (bicyclic) bond motifs is 3. The number of benzene rings is 2. The van der Waals surface area contributed by atoms with E-state index < -0.39 is 6.09 Å². The van der Waals surface area contributed by atoms with E-state index in [-0.39, 0.29) is 30.0 Å². The van der Waals surface area contributed by atoms with Crippen LogP contribution in [0.2, 0.25) is 0 Å². The van der Waals surface area contributed by atoms with Gasteiger partial charge in [-0.3, -0.25) is 4.79 Å². The molecule has 3 aromatic rings. The molecule has 5 rings (SSSR count). The van der Waals surface area contributed by atoms with Crippen LogP contribution in [0.4, 0.5) is 4.79 Å². The summed E-state index contributed by atoms with van der Waals surface area (Å²) in [5.74, 6) is 0.475. The molecule has 8 nitrogen and oxygen atoms in total. The molecule has 2 aliphatic carbocycles. The monoisotopic (exact) mass is 519 g/mol. The number of hydrogen-bond acceptors (Lipinski definition) is 7. The van der Waals surface area contributed by atoms with Gasteiger partial charge in [-0.05, 0) is 74.5 Å². The Balaban J connectivity index is 1.16. The van der Waals surface area contributed by atoms with E-state index >= 15 is 0 Å². The van der Waals surface area contributed by atoms with E-state index in [0.717, 1.165) is 54.2 Å². The summed E-state index contributed by atoms with van der Waals surface area (Å²) in [6.45, 7) is 0.753. The Morgan fingerprint density at radius 2 is 1.71 bits per heavy atom. The molecule has 1 N–H and O–H groups in total. The van der Waals surface area contributed by atoms with Gasteiger partial charge in [0.25, 0.3) is 0 Å². The number of alkyl carbamates (subject to hydrolysis) is 1. The van der Waals surface area contributed by atoms with Crippen LogP contribution >= 0.6 is 0 Å². The molecule has 1 heterocycles. The van der Waals surface area contributed by atoms with E-state index in [0.29, 0.717) is 42.9 Å². The number of amides is 1. The van der Waals surface area contributed by atoms with Gasteiger partial charge in [0.2, 0.25) is 0 Å². The van der Waals surface area contributed by atoms with Crippen LogP contribution < -0.4 is 20.4 Å². The molecule has 1 saturated carbocycles. The first-order valence-electron chi connectivity index (χ1n) is 13.3. The first-order valence-corrected chi connectivity index (χ1v) is 13.3. The molecule has 38 heavy (non-hydrogen) atoms. The predicted octanol–water partition coefficient (Wildman–Crippen LogP) is 5.32. The highest BCUT2D eigenvalue weighted by molar-refractivity contribution is 5.87. The van der Waals surface area contributed by atoms with Crippen molar-refractivity contribution in [2.24, 2.45) is 11.8 Å². The zero-order valence-electron chi connectivity index (χ0n) is 21.6. The Morgan fingerprint density at radius 1 is 0.974 bits per heavy atom. The van der Waals surface area contributed by atoms with Gasteiger partial charge in [0.1, 0.15) is 12.2 Å². The lowest BCUT2D eigenvalue weighted by Crippen LogP contribution is -2.33. The molecule has 200 valence electrons. The number of methoxy groups -OCH3 is 1. The van der Waals surface area contributed by atoms with Crippen LogP contribution in [0.15, 0.2) is 51.7 Å². The number of esters is 1. The van der Waals surface area contributed by atoms with Gasteiger partial charge >= 0.3 is 17.7 Å². The molecule has 1 aromatic heterocycles. The number of ether oxygens (including phenoxy) is 3. The van der Waals surface area contributed by atoms with Crippen molar-refractivity contribution in [2.45, 2.75) is 58.0 Å². The summed E-state index contributed by atoms with van der Waals surface area (Å²) in [5, 5.41) is 3.65. The highest BCUT2D eigenvalue weighted by atomic mass is 16.6. The molecular weight excluding hydrogens is 486 g/mol. The number of carbonyl (C=O) groups excluding carboxylic acids is 2. The fourth-order valence-corrected chi connectivity index (χ4v) is 5.49. The molecule has 0 atom stereocenters. The molecule has 0 radical (unpaired) electrons. The molecule has 8 heteroatoms. The molecule has 2 aliphatic rings. The highest BCUT2D eigenvalue weighted by Gasteiger charge is 2.29. The van der Waals surface area contributed by atoms with Crippen molar-refractivity contribution in [3.05, 3.63) is 69.6 Å². The molecule has 1 fully saturated rings. The number of aryl methyl sites for hydroxylation is 1. The van der Waals surface area contributed by atoms with Crippen LogP contribution in [0, 0.1) is 11.8 Å². The molecule has 0 aliphatic heterocycles. The summed E-state index contributed by atoms with van der Waals surface area (Å²) < 4.78 is 22.1. The van der Waals surface area contributed by atoms with Crippen molar-refractivity contribution in [3.63, 3.8) is 0 Å². The summed E-state index contributed by atoms with van der Waals surface area (Å²) in [6.07, 6.45) is 6.04. The van der Waals surface area contributed by atoms with Gasteiger partial charge in [0.15, 0.2) is 11.5 Å². The van der Waals surface area contributed by atoms with Gasteiger partial charge in [-0.15, -0.1) is 0 Å². The second-order valence-corrected chi connectivity index (χ2v) is 10.1. The maximum atomic E-state index is 13.1. The van der Waals surface area contributed by atoms with E-state index in [9.17, 15) is 14.4 Å². The lowest BCUT2D eigenvalue weighted by atomic mass is 9.82. The molecule has 1 amide bonds. The molecular formula is C30H33NO7. The van der Waals surface area contributed by atoms with Crippen LogP contribution in [0.3, 0.4) is 0 Å². The third-order valence-electron chi connectivity index (χ3n) is 7.65. The largest absolute Gasteiger partial charge is 0.493 e. The summed E-state index contributed by atoms with van der Waals surface area (Å²) in [5.41, 5.74) is 2.80. The Labute approximate surface area is 221 Å². The summed E-state index contributed by atoms with van der Waals surface area (Å²) in [7, 11) is 1.50. The molecule has 2 aromatic carbocycles. The SMILES string of the molecule is COc1cc2oc(=O)c3c(c2cc1OC(=O)C1CCC(CNC(=O)OCc2ccccc2)CC1)CCCC3. The van der Waals surface area contributed by atoms with E-state index in [1.165, 1.54) is 7.11 Å². The first kappa shape index (κ1) is 25.8. The topological polar surface area (TPSA) is 104 Å². The van der Waals surface area contributed by atoms with Crippen molar-refractivity contribution in [1.29, 1.82) is 0 Å². The van der Waals surface area contributed by atoms with Gasteiger partial charge in [-0.1, -0.05) is 30.3 Å². The number of carbonyl (C=O) groups is 2. The van der Waals surface area contributed by atoms with Gasteiger partial charge in [0.05, 0.1) is 13.0 Å². The quantitative estimate of drug-likeness (QED) is 0.256. The van der Waals surface area contributed by atoms with Crippen LogP contribution in [-0.4, -0.2) is 25.7 Å². The minimum atomic E-state index is -0.434. The predicted molar refractivity (Wildman–Crippen MR) is 141 cm³/mol. The van der Waals surface area contributed by atoms with Gasteiger partial charge in [-0.25, -0.2) is 9.59 Å². The van der Waals surface area contributed by atoms with Crippen molar-refractivity contribution in [1.82, 2.24) is 5.32 Å². The maximum Gasteiger partial charge on any atom is 0.407 e. The normalized spacial score (nSPS) is 18.9. The Kier molecular flexibility index (Phi) is 7.96. The summed E-state index contributed by atoms with van der Waals surface area (Å²) in [4.78, 5) is 37.5. The van der Waals surface area contributed by atoms with Crippen LogP contribution in [0.25, 0.3) is 11.0 Å². The molecule has 0 spiro atoms. The zero-order valence-corrected chi connectivity index (χ0v) is 21.6. The number of hydrogen-bond donors (Lipinski definition) is 1. The minimum absolute atomic E-state index is 0.223. The van der Waals surface area contributed by atoms with Crippen LogP contribution in [0.5, 0.6) is 11.5 Å². The van der Waals surface area contributed by atoms with Gasteiger partial charge in [0, 0.05) is 23.6 Å². The van der Waals surface area contributed by atoms with Gasteiger partial charge < -0.3 is 23.9 Å². The van der Waals surface area contributed by atoms with E-state index in [4.69, 9.17) is 18.6 Å². The lowest BCUT2D eigenvalue weighted by molar-refractivity contribution is -0.140.